The van der Waals surface area contributed by atoms with Gasteiger partial charge in [0, 0.05) is 25.5 Å². The first kappa shape index (κ1) is 14.4. The lowest BCUT2D eigenvalue weighted by atomic mass is 10.1. The van der Waals surface area contributed by atoms with Gasteiger partial charge in [0.1, 0.15) is 0 Å². The minimum Gasteiger partial charge on any atom is -0.341 e. The van der Waals surface area contributed by atoms with Crippen molar-refractivity contribution in [1.29, 1.82) is 0 Å². The molecule has 1 amide bonds. The molecule has 0 saturated heterocycles. The molecule has 6 heteroatoms. The molecule has 18 heavy (non-hydrogen) atoms. The fraction of sp³-hybridized carbons (Fsp3) is 0.583. The van der Waals surface area contributed by atoms with Gasteiger partial charge < -0.3 is 4.90 Å². The van der Waals surface area contributed by atoms with Crippen LogP contribution in [-0.2, 0) is 0 Å². The summed E-state index contributed by atoms with van der Waals surface area (Å²) in [6.45, 7) is 8.09. The molecule has 0 aliphatic rings. The van der Waals surface area contributed by atoms with Crippen molar-refractivity contribution >= 4 is 11.9 Å². The number of hydrogen-bond acceptors (Lipinski definition) is 5. The number of hydroxylamine groups is 1. The van der Waals surface area contributed by atoms with E-state index in [1.165, 1.54) is 12.4 Å². The second kappa shape index (κ2) is 6.90. The molecule has 6 nitrogen and oxygen atoms in total. The number of nitrogens with zero attached hydrogens (tertiary/aromatic N) is 3. The SMILES string of the molecule is CCN(CCC(C)C)c1ncc(C(=O)NO)cn1. The smallest absolute Gasteiger partial charge is 0.277 e. The molecule has 0 aromatic carbocycles. The van der Waals surface area contributed by atoms with Gasteiger partial charge in [-0.25, -0.2) is 15.4 Å². The van der Waals surface area contributed by atoms with E-state index in [1.807, 2.05) is 6.92 Å². The van der Waals surface area contributed by atoms with E-state index in [4.69, 9.17) is 5.21 Å². The largest absolute Gasteiger partial charge is 0.341 e. The lowest BCUT2D eigenvalue weighted by Crippen LogP contribution is -2.27. The van der Waals surface area contributed by atoms with Crippen LogP contribution >= 0.6 is 0 Å². The molecule has 0 unspecified atom stereocenters. The maximum atomic E-state index is 11.1. The summed E-state index contributed by atoms with van der Waals surface area (Å²) in [5.41, 5.74) is 1.79. The maximum Gasteiger partial charge on any atom is 0.277 e. The molecule has 0 fully saturated rings. The van der Waals surface area contributed by atoms with E-state index >= 15 is 0 Å². The Kier molecular flexibility index (Phi) is 5.51. The van der Waals surface area contributed by atoms with E-state index in [0.717, 1.165) is 19.5 Å². The summed E-state index contributed by atoms with van der Waals surface area (Å²) in [6.07, 6.45) is 3.88. The molecule has 0 aliphatic carbocycles. The van der Waals surface area contributed by atoms with Crippen LogP contribution in [0.3, 0.4) is 0 Å². The molecule has 100 valence electrons. The highest BCUT2D eigenvalue weighted by atomic mass is 16.5. The second-order valence-corrected chi connectivity index (χ2v) is 4.47. The van der Waals surface area contributed by atoms with Crippen LogP contribution < -0.4 is 10.4 Å². The van der Waals surface area contributed by atoms with Gasteiger partial charge in [-0.15, -0.1) is 0 Å². The average molecular weight is 252 g/mol. The van der Waals surface area contributed by atoms with Crippen LogP contribution in [-0.4, -0.2) is 34.2 Å². The second-order valence-electron chi connectivity index (χ2n) is 4.47. The van der Waals surface area contributed by atoms with E-state index in [1.54, 1.807) is 5.48 Å². The number of amides is 1. The summed E-state index contributed by atoms with van der Waals surface area (Å²) in [5.74, 6) is 0.623. The monoisotopic (exact) mass is 252 g/mol. The number of hydrogen-bond donors (Lipinski definition) is 2. The van der Waals surface area contributed by atoms with Gasteiger partial charge in [0.05, 0.1) is 5.56 Å². The summed E-state index contributed by atoms with van der Waals surface area (Å²) in [7, 11) is 0. The highest BCUT2D eigenvalue weighted by Crippen LogP contribution is 2.10. The third-order valence-electron chi connectivity index (χ3n) is 2.64. The summed E-state index contributed by atoms with van der Waals surface area (Å²) >= 11 is 0. The van der Waals surface area contributed by atoms with Crippen molar-refractivity contribution in [2.24, 2.45) is 5.92 Å². The molecular formula is C12H20N4O2. The zero-order chi connectivity index (χ0) is 13.5. The van der Waals surface area contributed by atoms with Gasteiger partial charge in [0.15, 0.2) is 0 Å². The van der Waals surface area contributed by atoms with Crippen LogP contribution in [0.15, 0.2) is 12.4 Å². The molecule has 0 spiro atoms. The van der Waals surface area contributed by atoms with E-state index in [2.05, 4.69) is 28.7 Å². The zero-order valence-electron chi connectivity index (χ0n) is 11.1. The molecule has 1 aromatic rings. The van der Waals surface area contributed by atoms with E-state index in [0.29, 0.717) is 11.9 Å². The fourth-order valence-corrected chi connectivity index (χ4v) is 1.48. The molecular weight excluding hydrogens is 232 g/mol. The van der Waals surface area contributed by atoms with Crippen molar-refractivity contribution in [3.8, 4) is 0 Å². The van der Waals surface area contributed by atoms with Crippen molar-refractivity contribution in [2.45, 2.75) is 27.2 Å². The topological polar surface area (TPSA) is 78.4 Å². The quantitative estimate of drug-likeness (QED) is 0.592. The predicted molar refractivity (Wildman–Crippen MR) is 68.6 cm³/mol. The summed E-state index contributed by atoms with van der Waals surface area (Å²) in [4.78, 5) is 21.5. The molecule has 0 radical (unpaired) electrons. The number of aromatic nitrogens is 2. The van der Waals surface area contributed by atoms with Gasteiger partial charge in [0.2, 0.25) is 5.95 Å². The molecule has 2 N–H and O–H groups in total. The normalized spacial score (nSPS) is 10.5. The maximum absolute atomic E-state index is 11.1. The molecule has 0 atom stereocenters. The lowest BCUT2D eigenvalue weighted by Gasteiger charge is -2.21. The zero-order valence-corrected chi connectivity index (χ0v) is 11.1. The van der Waals surface area contributed by atoms with Crippen LogP contribution in [0.25, 0.3) is 0 Å². The van der Waals surface area contributed by atoms with Gasteiger partial charge in [-0.3, -0.25) is 10.0 Å². The van der Waals surface area contributed by atoms with E-state index in [-0.39, 0.29) is 5.56 Å². The standard InChI is InChI=1S/C12H20N4O2/c1-4-16(6-5-9(2)3)12-13-7-10(8-14-12)11(17)15-18/h7-9,18H,4-6H2,1-3H3,(H,15,17). The van der Waals surface area contributed by atoms with Crippen LogP contribution in [0.5, 0.6) is 0 Å². The molecule has 1 aromatic heterocycles. The summed E-state index contributed by atoms with van der Waals surface area (Å²) < 4.78 is 0. The van der Waals surface area contributed by atoms with Crippen LogP contribution in [0, 0.1) is 5.92 Å². The summed E-state index contributed by atoms with van der Waals surface area (Å²) in [6, 6.07) is 0. The Morgan fingerprint density at radius 3 is 2.50 bits per heavy atom. The van der Waals surface area contributed by atoms with Gasteiger partial charge in [0.25, 0.3) is 5.91 Å². The highest BCUT2D eigenvalue weighted by molar-refractivity contribution is 5.92. The third kappa shape index (κ3) is 3.96. The summed E-state index contributed by atoms with van der Waals surface area (Å²) in [5, 5.41) is 8.49. The van der Waals surface area contributed by atoms with Crippen molar-refractivity contribution < 1.29 is 10.0 Å². The first-order chi connectivity index (χ1) is 8.58. The number of carbonyl (C=O) groups is 1. The Hall–Kier alpha value is -1.69. The Morgan fingerprint density at radius 1 is 1.44 bits per heavy atom. The van der Waals surface area contributed by atoms with E-state index < -0.39 is 5.91 Å². The Labute approximate surface area is 107 Å². The van der Waals surface area contributed by atoms with Gasteiger partial charge >= 0.3 is 0 Å². The third-order valence-corrected chi connectivity index (χ3v) is 2.64. The van der Waals surface area contributed by atoms with Crippen LogP contribution in [0.1, 0.15) is 37.6 Å². The van der Waals surface area contributed by atoms with Gasteiger partial charge in [-0.1, -0.05) is 13.8 Å². The molecule has 0 saturated carbocycles. The number of rotatable bonds is 6. The average Bonchev–Trinajstić information content (AvgIpc) is 2.39. The first-order valence-corrected chi connectivity index (χ1v) is 6.09. The van der Waals surface area contributed by atoms with Gasteiger partial charge in [-0.2, -0.15) is 0 Å². The van der Waals surface area contributed by atoms with Crippen molar-refractivity contribution in [2.75, 3.05) is 18.0 Å². The molecule has 1 rings (SSSR count). The first-order valence-electron chi connectivity index (χ1n) is 6.09. The molecule has 0 bridgehead atoms. The van der Waals surface area contributed by atoms with Crippen molar-refractivity contribution in [3.63, 3.8) is 0 Å². The number of anilines is 1. The number of carbonyl (C=O) groups excluding carboxylic acids is 1. The predicted octanol–water partition coefficient (Wildman–Crippen LogP) is 1.47. The molecule has 0 aliphatic heterocycles. The molecule has 1 heterocycles. The lowest BCUT2D eigenvalue weighted by molar-refractivity contribution is 0.0705. The minimum atomic E-state index is -0.605. The fourth-order valence-electron chi connectivity index (χ4n) is 1.48. The van der Waals surface area contributed by atoms with E-state index in [9.17, 15) is 4.79 Å². The van der Waals surface area contributed by atoms with Crippen LogP contribution in [0.4, 0.5) is 5.95 Å². The van der Waals surface area contributed by atoms with Gasteiger partial charge in [-0.05, 0) is 19.3 Å². The Bertz CT molecular complexity index is 378. The van der Waals surface area contributed by atoms with Crippen molar-refractivity contribution in [3.05, 3.63) is 18.0 Å². The minimum absolute atomic E-state index is 0.237. The van der Waals surface area contributed by atoms with Crippen molar-refractivity contribution in [1.82, 2.24) is 15.4 Å². The Balaban J connectivity index is 2.72. The number of nitrogens with one attached hydrogen (secondary N) is 1. The Morgan fingerprint density at radius 2 is 2.06 bits per heavy atom. The van der Waals surface area contributed by atoms with Crippen LogP contribution in [0.2, 0.25) is 0 Å². The highest BCUT2D eigenvalue weighted by Gasteiger charge is 2.10.